The van der Waals surface area contributed by atoms with E-state index in [4.69, 9.17) is 4.42 Å². The van der Waals surface area contributed by atoms with Gasteiger partial charge >= 0.3 is 0 Å². The highest BCUT2D eigenvalue weighted by Crippen LogP contribution is 2.39. The fourth-order valence-electron chi connectivity index (χ4n) is 1.58. The summed E-state index contributed by atoms with van der Waals surface area (Å²) in [5.41, 5.74) is 0. The van der Waals surface area contributed by atoms with Crippen LogP contribution in [-0.2, 0) is 4.79 Å². The van der Waals surface area contributed by atoms with Gasteiger partial charge in [-0.1, -0.05) is 6.92 Å². The molecule has 0 aliphatic heterocycles. The van der Waals surface area contributed by atoms with Gasteiger partial charge < -0.3 is 4.42 Å². The Morgan fingerprint density at radius 1 is 1.57 bits per heavy atom. The zero-order valence-electron chi connectivity index (χ0n) is 8.03. The molecule has 0 aromatic carbocycles. The van der Waals surface area contributed by atoms with Gasteiger partial charge in [0.05, 0.1) is 12.7 Å². The lowest BCUT2D eigenvalue weighted by Crippen LogP contribution is -2.09. The van der Waals surface area contributed by atoms with Crippen LogP contribution in [0.2, 0.25) is 0 Å². The molecule has 74 valence electrons. The van der Waals surface area contributed by atoms with E-state index in [0.717, 1.165) is 6.42 Å². The van der Waals surface area contributed by atoms with Crippen molar-refractivity contribution in [2.24, 2.45) is 11.8 Å². The molecule has 3 nitrogen and oxygen atoms in total. The van der Waals surface area contributed by atoms with Crippen molar-refractivity contribution < 1.29 is 14.0 Å². The molecule has 0 spiro atoms. The number of hydrogen-bond donors (Lipinski definition) is 0. The highest BCUT2D eigenvalue weighted by atomic mass is 16.3. The molecule has 2 rings (SSSR count). The van der Waals surface area contributed by atoms with E-state index in [1.165, 1.54) is 6.26 Å². The molecule has 1 fully saturated rings. The standard InChI is InChI=1S/C11H12O3/c1-7-5-8(7)9(12)6-10(13)11-3-2-4-14-11/h2-4,7-8H,5-6H2,1H3. The van der Waals surface area contributed by atoms with Gasteiger partial charge in [0, 0.05) is 5.92 Å². The maximum atomic E-state index is 11.5. The molecule has 2 unspecified atom stereocenters. The van der Waals surface area contributed by atoms with E-state index in [0.29, 0.717) is 5.92 Å². The Hall–Kier alpha value is -1.38. The minimum absolute atomic E-state index is 0.0114. The lowest BCUT2D eigenvalue weighted by Gasteiger charge is -1.95. The summed E-state index contributed by atoms with van der Waals surface area (Å²) in [6.45, 7) is 2.03. The van der Waals surface area contributed by atoms with E-state index in [1.54, 1.807) is 12.1 Å². The van der Waals surface area contributed by atoms with E-state index in [9.17, 15) is 9.59 Å². The molecule has 0 bridgehead atoms. The highest BCUT2D eigenvalue weighted by molar-refractivity contribution is 6.07. The van der Waals surface area contributed by atoms with Crippen LogP contribution in [0, 0.1) is 11.8 Å². The molecule has 1 heterocycles. The second-order valence-electron chi connectivity index (χ2n) is 3.86. The van der Waals surface area contributed by atoms with Gasteiger partial charge in [-0.2, -0.15) is 0 Å². The van der Waals surface area contributed by atoms with Crippen LogP contribution in [0.3, 0.4) is 0 Å². The van der Waals surface area contributed by atoms with Crippen molar-refractivity contribution in [2.75, 3.05) is 0 Å². The van der Waals surface area contributed by atoms with Gasteiger partial charge in [0.15, 0.2) is 5.76 Å². The van der Waals surface area contributed by atoms with Crippen molar-refractivity contribution in [1.82, 2.24) is 0 Å². The van der Waals surface area contributed by atoms with Crippen molar-refractivity contribution in [2.45, 2.75) is 19.8 Å². The van der Waals surface area contributed by atoms with Crippen LogP contribution in [0.15, 0.2) is 22.8 Å². The first-order chi connectivity index (χ1) is 6.68. The lowest BCUT2D eigenvalue weighted by molar-refractivity contribution is -0.119. The number of carbonyl (C=O) groups excluding carboxylic acids is 2. The van der Waals surface area contributed by atoms with Crippen LogP contribution in [0.4, 0.5) is 0 Å². The van der Waals surface area contributed by atoms with E-state index < -0.39 is 0 Å². The van der Waals surface area contributed by atoms with Crippen LogP contribution in [-0.4, -0.2) is 11.6 Å². The minimum Gasteiger partial charge on any atom is -0.461 e. The molecular formula is C11H12O3. The van der Waals surface area contributed by atoms with Crippen LogP contribution in [0.5, 0.6) is 0 Å². The SMILES string of the molecule is CC1CC1C(=O)CC(=O)c1ccco1. The normalized spacial score (nSPS) is 24.6. The Kier molecular flexibility index (Phi) is 2.23. The molecule has 1 aliphatic rings. The van der Waals surface area contributed by atoms with Crippen molar-refractivity contribution in [1.29, 1.82) is 0 Å². The van der Waals surface area contributed by atoms with Gasteiger partial charge in [-0.15, -0.1) is 0 Å². The number of Topliss-reactive ketones (excluding diaryl/α,β-unsaturated/α-hetero) is 2. The van der Waals surface area contributed by atoms with Gasteiger partial charge in [-0.05, 0) is 24.5 Å². The first kappa shape index (κ1) is 9.19. The zero-order chi connectivity index (χ0) is 10.1. The van der Waals surface area contributed by atoms with E-state index in [2.05, 4.69) is 0 Å². The van der Waals surface area contributed by atoms with Crippen LogP contribution in [0.25, 0.3) is 0 Å². The molecule has 3 heteroatoms. The summed E-state index contributed by atoms with van der Waals surface area (Å²) in [6.07, 6.45) is 2.37. The lowest BCUT2D eigenvalue weighted by atomic mass is 10.1. The number of furan rings is 1. The second kappa shape index (κ2) is 3.40. The Morgan fingerprint density at radius 3 is 2.79 bits per heavy atom. The third kappa shape index (κ3) is 1.76. The minimum atomic E-state index is -0.209. The van der Waals surface area contributed by atoms with Crippen molar-refractivity contribution in [3.8, 4) is 0 Å². The van der Waals surface area contributed by atoms with Gasteiger partial charge in [0.2, 0.25) is 5.78 Å². The Labute approximate surface area is 82.1 Å². The van der Waals surface area contributed by atoms with Crippen LogP contribution < -0.4 is 0 Å². The van der Waals surface area contributed by atoms with E-state index >= 15 is 0 Å². The molecule has 1 saturated carbocycles. The molecule has 1 aliphatic carbocycles. The summed E-state index contributed by atoms with van der Waals surface area (Å²) in [7, 11) is 0. The van der Waals surface area contributed by atoms with Crippen molar-refractivity contribution in [3.63, 3.8) is 0 Å². The first-order valence-electron chi connectivity index (χ1n) is 4.78. The smallest absolute Gasteiger partial charge is 0.205 e. The van der Waals surface area contributed by atoms with Gasteiger partial charge in [0.1, 0.15) is 5.78 Å². The van der Waals surface area contributed by atoms with Gasteiger partial charge in [-0.3, -0.25) is 9.59 Å². The molecular weight excluding hydrogens is 180 g/mol. The maximum Gasteiger partial charge on any atom is 0.205 e. The third-order valence-corrected chi connectivity index (χ3v) is 2.65. The quantitative estimate of drug-likeness (QED) is 0.542. The number of ketones is 2. The number of hydrogen-bond acceptors (Lipinski definition) is 3. The molecule has 0 saturated heterocycles. The molecule has 0 radical (unpaired) electrons. The fraction of sp³-hybridized carbons (Fsp3) is 0.455. The van der Waals surface area contributed by atoms with Crippen LogP contribution in [0.1, 0.15) is 30.3 Å². The van der Waals surface area contributed by atoms with Crippen LogP contribution >= 0.6 is 0 Å². The molecule has 1 aromatic rings. The molecule has 1 aromatic heterocycles. The predicted octanol–water partition coefficient (Wildman–Crippen LogP) is 2.08. The van der Waals surface area contributed by atoms with Crippen molar-refractivity contribution >= 4 is 11.6 Å². The second-order valence-corrected chi connectivity index (χ2v) is 3.86. The zero-order valence-corrected chi connectivity index (χ0v) is 8.03. The van der Waals surface area contributed by atoms with Gasteiger partial charge in [-0.25, -0.2) is 0 Å². The summed E-state index contributed by atoms with van der Waals surface area (Å²) in [6, 6.07) is 3.24. The largest absolute Gasteiger partial charge is 0.461 e. The molecule has 14 heavy (non-hydrogen) atoms. The molecule has 0 N–H and O–H groups in total. The summed E-state index contributed by atoms with van der Waals surface area (Å²) < 4.78 is 4.92. The first-order valence-corrected chi connectivity index (χ1v) is 4.78. The average Bonchev–Trinajstić information content (AvgIpc) is 2.70. The Bertz CT molecular complexity index is 351. The number of carbonyl (C=O) groups is 2. The maximum absolute atomic E-state index is 11.5. The third-order valence-electron chi connectivity index (χ3n) is 2.65. The topological polar surface area (TPSA) is 47.3 Å². The predicted molar refractivity (Wildman–Crippen MR) is 49.9 cm³/mol. The van der Waals surface area contributed by atoms with E-state index in [-0.39, 0.29) is 29.7 Å². The molecule has 0 amide bonds. The Morgan fingerprint density at radius 2 is 2.29 bits per heavy atom. The Balaban J connectivity index is 1.92. The van der Waals surface area contributed by atoms with E-state index in [1.807, 2.05) is 6.92 Å². The summed E-state index contributed by atoms with van der Waals surface area (Å²) in [5, 5.41) is 0. The average molecular weight is 192 g/mol. The molecule has 2 atom stereocenters. The number of rotatable bonds is 4. The van der Waals surface area contributed by atoms with Gasteiger partial charge in [0.25, 0.3) is 0 Å². The fourth-order valence-corrected chi connectivity index (χ4v) is 1.58. The summed E-state index contributed by atoms with van der Waals surface area (Å²) in [5.74, 6) is 0.713. The van der Waals surface area contributed by atoms with Crippen molar-refractivity contribution in [3.05, 3.63) is 24.2 Å². The monoisotopic (exact) mass is 192 g/mol. The highest BCUT2D eigenvalue weighted by Gasteiger charge is 2.39. The summed E-state index contributed by atoms with van der Waals surface area (Å²) in [4.78, 5) is 22.9. The summed E-state index contributed by atoms with van der Waals surface area (Å²) >= 11 is 0.